The Labute approximate surface area is 98.8 Å². The zero-order chi connectivity index (χ0) is 10.6. The second kappa shape index (κ2) is 5.47. The summed E-state index contributed by atoms with van der Waals surface area (Å²) in [5.74, 6) is 0.516. The number of hydrogen-bond donors (Lipinski definition) is 1. The van der Waals surface area contributed by atoms with E-state index >= 15 is 0 Å². The Kier molecular flexibility index (Phi) is 4.55. The van der Waals surface area contributed by atoms with E-state index in [1.54, 1.807) is 0 Å². The molecule has 1 aromatic carbocycles. The van der Waals surface area contributed by atoms with Crippen molar-refractivity contribution < 1.29 is 0 Å². The van der Waals surface area contributed by atoms with Crippen molar-refractivity contribution in [2.45, 2.75) is 19.8 Å². The maximum absolute atomic E-state index is 5.50. The quantitative estimate of drug-likeness (QED) is 0.851. The second-order valence-electron chi connectivity index (χ2n) is 3.61. The molecule has 0 amide bonds. The van der Waals surface area contributed by atoms with E-state index in [2.05, 4.69) is 35.0 Å². The lowest BCUT2D eigenvalue weighted by atomic mass is 9.98. The molecule has 2 N–H and O–H groups in total. The third-order valence-electron chi connectivity index (χ3n) is 2.02. The number of benzene rings is 1. The van der Waals surface area contributed by atoms with Gasteiger partial charge in [0.15, 0.2) is 0 Å². The fourth-order valence-corrected chi connectivity index (χ4v) is 2.21. The van der Waals surface area contributed by atoms with Crippen LogP contribution in [0.3, 0.4) is 0 Å². The van der Waals surface area contributed by atoms with E-state index in [0.717, 1.165) is 17.3 Å². The Balaban J connectivity index is 2.55. The van der Waals surface area contributed by atoms with Crippen molar-refractivity contribution in [3.63, 3.8) is 0 Å². The predicted octanol–water partition coefficient (Wildman–Crippen LogP) is 3.30. The van der Waals surface area contributed by atoms with E-state index in [1.807, 2.05) is 12.1 Å². The van der Waals surface area contributed by atoms with E-state index in [9.17, 15) is 0 Å². The van der Waals surface area contributed by atoms with Crippen LogP contribution < -0.4 is 5.73 Å². The zero-order valence-electron chi connectivity index (χ0n) is 8.16. The van der Waals surface area contributed by atoms with Crippen LogP contribution in [0, 0.1) is 5.92 Å². The summed E-state index contributed by atoms with van der Waals surface area (Å²) in [5, 5.41) is 0. The molecule has 0 fully saturated rings. The van der Waals surface area contributed by atoms with Crippen molar-refractivity contribution in [3.05, 3.63) is 34.3 Å². The van der Waals surface area contributed by atoms with Crippen LogP contribution in [-0.2, 0) is 6.42 Å². The van der Waals surface area contributed by atoms with Crippen molar-refractivity contribution in [2.24, 2.45) is 11.7 Å². The molecule has 0 bridgehead atoms. The average molecular weight is 272 g/mol. The average Bonchev–Trinajstić information content (AvgIpc) is 2.01. The van der Waals surface area contributed by atoms with Crippen LogP contribution in [0.25, 0.3) is 0 Å². The first kappa shape index (κ1) is 11.7. The largest absolute Gasteiger partial charge is 0.393 e. The highest BCUT2D eigenvalue weighted by Gasteiger charge is 2.05. The molecule has 1 nitrogen and oxygen atoms in total. The number of rotatable bonds is 4. The molecule has 14 heavy (non-hydrogen) atoms. The summed E-state index contributed by atoms with van der Waals surface area (Å²) in [6.45, 7) is 2.17. The Morgan fingerprint density at radius 2 is 2.29 bits per heavy atom. The van der Waals surface area contributed by atoms with Gasteiger partial charge < -0.3 is 5.73 Å². The number of halogens is 1. The van der Waals surface area contributed by atoms with Crippen LogP contribution >= 0.6 is 28.1 Å². The first-order chi connectivity index (χ1) is 6.58. The van der Waals surface area contributed by atoms with Gasteiger partial charge in [-0.1, -0.05) is 47.2 Å². The first-order valence-corrected chi connectivity index (χ1v) is 5.81. The first-order valence-electron chi connectivity index (χ1n) is 4.60. The fourth-order valence-electron chi connectivity index (χ4n) is 1.48. The minimum absolute atomic E-state index is 0.516. The normalized spacial score (nSPS) is 12.4. The molecule has 0 aromatic heterocycles. The van der Waals surface area contributed by atoms with Crippen molar-refractivity contribution in [3.8, 4) is 0 Å². The lowest BCUT2D eigenvalue weighted by molar-refractivity contribution is 0.607. The van der Waals surface area contributed by atoms with Gasteiger partial charge >= 0.3 is 0 Å². The van der Waals surface area contributed by atoms with E-state index < -0.39 is 0 Å². The molecule has 0 aliphatic heterocycles. The van der Waals surface area contributed by atoms with Crippen LogP contribution in [0.15, 0.2) is 28.7 Å². The molecular weight excluding hydrogens is 258 g/mol. The molecular formula is C11H14BrNS. The maximum Gasteiger partial charge on any atom is 0.0730 e. The van der Waals surface area contributed by atoms with Gasteiger partial charge in [0.1, 0.15) is 0 Å². The molecule has 0 saturated heterocycles. The lowest BCUT2D eigenvalue weighted by Gasteiger charge is -2.10. The van der Waals surface area contributed by atoms with Gasteiger partial charge in [-0.25, -0.2) is 0 Å². The van der Waals surface area contributed by atoms with Crippen molar-refractivity contribution in [2.75, 3.05) is 0 Å². The van der Waals surface area contributed by atoms with E-state index in [0.29, 0.717) is 10.9 Å². The van der Waals surface area contributed by atoms with E-state index in [4.69, 9.17) is 18.0 Å². The Hall–Kier alpha value is -0.410. The fraction of sp³-hybridized carbons (Fsp3) is 0.364. The summed E-state index contributed by atoms with van der Waals surface area (Å²) in [5.41, 5.74) is 6.82. The molecule has 0 radical (unpaired) electrons. The van der Waals surface area contributed by atoms with Crippen molar-refractivity contribution in [1.29, 1.82) is 0 Å². The third kappa shape index (κ3) is 4.20. The second-order valence-corrected chi connectivity index (χ2v) is 5.05. The molecule has 76 valence electrons. The number of thiocarbonyl (C=S) groups is 1. The van der Waals surface area contributed by atoms with Gasteiger partial charge in [-0.2, -0.15) is 0 Å². The topological polar surface area (TPSA) is 26.0 Å². The van der Waals surface area contributed by atoms with Crippen molar-refractivity contribution in [1.82, 2.24) is 0 Å². The van der Waals surface area contributed by atoms with Gasteiger partial charge in [-0.3, -0.25) is 0 Å². The highest BCUT2D eigenvalue weighted by molar-refractivity contribution is 9.10. The van der Waals surface area contributed by atoms with Crippen LogP contribution in [-0.4, -0.2) is 4.99 Å². The molecule has 0 aliphatic carbocycles. The molecule has 0 heterocycles. The van der Waals surface area contributed by atoms with Crippen LogP contribution in [0.2, 0.25) is 0 Å². The van der Waals surface area contributed by atoms with E-state index in [1.165, 1.54) is 5.56 Å². The van der Waals surface area contributed by atoms with Gasteiger partial charge in [0, 0.05) is 10.9 Å². The smallest absolute Gasteiger partial charge is 0.0730 e. The molecule has 3 heteroatoms. The summed E-state index contributed by atoms with van der Waals surface area (Å²) in [4.78, 5) is 0.604. The van der Waals surface area contributed by atoms with Crippen molar-refractivity contribution >= 4 is 33.1 Å². The molecule has 0 spiro atoms. The van der Waals surface area contributed by atoms with Gasteiger partial charge in [0.25, 0.3) is 0 Å². The predicted molar refractivity (Wildman–Crippen MR) is 68.4 cm³/mol. The van der Waals surface area contributed by atoms with E-state index in [-0.39, 0.29) is 0 Å². The highest BCUT2D eigenvalue weighted by atomic mass is 79.9. The Bertz CT molecular complexity index is 325. The Morgan fingerprint density at radius 1 is 1.57 bits per heavy atom. The molecule has 1 unspecified atom stereocenters. The summed E-state index contributed by atoms with van der Waals surface area (Å²) >= 11 is 8.33. The SMILES string of the molecule is CC(CC(N)=S)Cc1cccc(Br)c1. The maximum atomic E-state index is 5.50. The molecule has 1 aromatic rings. The monoisotopic (exact) mass is 271 g/mol. The standard InChI is InChI=1S/C11H14BrNS/c1-8(6-11(13)14)5-9-3-2-4-10(12)7-9/h2-4,7-8H,5-6H2,1H3,(H2,13,14). The van der Waals surface area contributed by atoms with Gasteiger partial charge in [0.2, 0.25) is 0 Å². The number of nitrogens with two attached hydrogens (primary N) is 1. The third-order valence-corrected chi connectivity index (χ3v) is 2.68. The van der Waals surface area contributed by atoms with Crippen LogP contribution in [0.5, 0.6) is 0 Å². The number of hydrogen-bond acceptors (Lipinski definition) is 1. The zero-order valence-corrected chi connectivity index (χ0v) is 10.6. The van der Waals surface area contributed by atoms with Gasteiger partial charge in [-0.15, -0.1) is 0 Å². The summed E-state index contributed by atoms with van der Waals surface area (Å²) in [6.07, 6.45) is 1.85. The molecule has 1 rings (SSSR count). The van der Waals surface area contributed by atoms with Gasteiger partial charge in [-0.05, 0) is 30.0 Å². The van der Waals surface area contributed by atoms with Crippen LogP contribution in [0.4, 0.5) is 0 Å². The molecule has 0 saturated carbocycles. The highest BCUT2D eigenvalue weighted by Crippen LogP contribution is 2.16. The minimum Gasteiger partial charge on any atom is -0.393 e. The molecule has 0 aliphatic rings. The summed E-state index contributed by atoms with van der Waals surface area (Å²) in [7, 11) is 0. The summed E-state index contributed by atoms with van der Waals surface area (Å²) in [6, 6.07) is 8.34. The minimum atomic E-state index is 0.516. The lowest BCUT2D eigenvalue weighted by Crippen LogP contribution is -2.13. The summed E-state index contributed by atoms with van der Waals surface area (Å²) < 4.78 is 1.12. The molecule has 1 atom stereocenters. The van der Waals surface area contributed by atoms with Gasteiger partial charge in [0.05, 0.1) is 4.99 Å². The Morgan fingerprint density at radius 3 is 2.86 bits per heavy atom. The van der Waals surface area contributed by atoms with Crippen LogP contribution in [0.1, 0.15) is 18.9 Å².